The van der Waals surface area contributed by atoms with Gasteiger partial charge >= 0.3 is 12.2 Å². The van der Waals surface area contributed by atoms with Crippen molar-refractivity contribution in [2.24, 2.45) is 5.92 Å². The Morgan fingerprint density at radius 1 is 0.914 bits per heavy atom. The number of likely N-dealkylation sites (tertiary alicyclic amines) is 2. The van der Waals surface area contributed by atoms with Gasteiger partial charge in [0.1, 0.15) is 11.2 Å². The molecule has 0 aromatic rings. The molecule has 2 aliphatic rings. The zero-order chi connectivity index (χ0) is 27.0. The first-order valence-corrected chi connectivity index (χ1v) is 15.9. The molecule has 2 amide bonds. The van der Waals surface area contributed by atoms with Crippen LogP contribution in [0.5, 0.6) is 0 Å². The van der Waals surface area contributed by atoms with E-state index in [1.807, 2.05) is 41.5 Å². The lowest BCUT2D eigenvalue weighted by Gasteiger charge is -2.39. The van der Waals surface area contributed by atoms with Gasteiger partial charge in [-0.25, -0.2) is 9.59 Å². The highest BCUT2D eigenvalue weighted by Crippen LogP contribution is 2.40. The van der Waals surface area contributed by atoms with Crippen LogP contribution in [0.4, 0.5) is 9.59 Å². The zero-order valence-electron chi connectivity index (χ0n) is 23.9. The predicted molar refractivity (Wildman–Crippen MR) is 140 cm³/mol. The number of nitrogens with zero attached hydrogens (tertiary/aromatic N) is 2. The standard InChI is InChI=1S/C26H50N2O6Si/c1-24(2,3)32-22(30)27-14-12-13-18(16-27)21(29)20-15-19(34-35(10,11)26(7,8)9)17-28(20)23(31)33-25(4,5)6/h18-21,29H,12-17H2,1-11H3/t18?,19-,20+,21?/m1/s1. The molecule has 2 unspecified atom stereocenters. The van der Waals surface area contributed by atoms with Gasteiger partial charge in [0.15, 0.2) is 8.32 Å². The molecule has 204 valence electrons. The SMILES string of the molecule is CC(C)(C)OC(=O)N1CCCC(C(O)[C@@H]2C[C@@H](O[Si](C)(C)C(C)(C)C)CN2C(=O)OC(C)(C)C)C1. The lowest BCUT2D eigenvalue weighted by Crippen LogP contribution is -2.52. The fourth-order valence-electron chi connectivity index (χ4n) is 4.45. The maximum Gasteiger partial charge on any atom is 0.410 e. The highest BCUT2D eigenvalue weighted by Gasteiger charge is 2.48. The van der Waals surface area contributed by atoms with Crippen LogP contribution in [0, 0.1) is 5.92 Å². The number of rotatable bonds is 4. The molecule has 0 aromatic carbocycles. The molecule has 2 rings (SSSR count). The van der Waals surface area contributed by atoms with E-state index < -0.39 is 37.8 Å². The Bertz CT molecular complexity index is 752. The first kappa shape index (κ1) is 29.9. The van der Waals surface area contributed by atoms with E-state index in [1.165, 1.54) is 0 Å². The van der Waals surface area contributed by atoms with Crippen molar-refractivity contribution in [1.29, 1.82) is 0 Å². The highest BCUT2D eigenvalue weighted by molar-refractivity contribution is 6.74. The fourth-order valence-corrected chi connectivity index (χ4v) is 5.81. The second kappa shape index (κ2) is 10.6. The molecule has 0 aromatic heterocycles. The zero-order valence-corrected chi connectivity index (χ0v) is 24.9. The van der Waals surface area contributed by atoms with Crippen LogP contribution < -0.4 is 0 Å². The number of carbonyl (C=O) groups excluding carboxylic acids is 2. The summed E-state index contributed by atoms with van der Waals surface area (Å²) >= 11 is 0. The molecule has 9 heteroatoms. The Hall–Kier alpha value is -1.32. The average Bonchev–Trinajstić information content (AvgIpc) is 3.07. The third-order valence-corrected chi connectivity index (χ3v) is 11.7. The molecular formula is C26H50N2O6Si. The van der Waals surface area contributed by atoms with Crippen molar-refractivity contribution in [2.45, 2.75) is 129 Å². The molecule has 1 N–H and O–H groups in total. The molecule has 0 radical (unpaired) electrons. The summed E-state index contributed by atoms with van der Waals surface area (Å²) in [5, 5.41) is 11.6. The van der Waals surface area contributed by atoms with E-state index in [1.54, 1.807) is 9.80 Å². The van der Waals surface area contributed by atoms with Gasteiger partial charge in [0.25, 0.3) is 0 Å². The lowest BCUT2D eigenvalue weighted by molar-refractivity contribution is -0.0270. The van der Waals surface area contributed by atoms with Crippen molar-refractivity contribution in [3.8, 4) is 0 Å². The summed E-state index contributed by atoms with van der Waals surface area (Å²) in [5.41, 5.74) is -1.21. The minimum atomic E-state index is -2.06. The van der Waals surface area contributed by atoms with Crippen molar-refractivity contribution in [3.05, 3.63) is 0 Å². The number of aliphatic hydroxyl groups is 1. The third-order valence-electron chi connectivity index (χ3n) is 7.19. The monoisotopic (exact) mass is 514 g/mol. The quantitative estimate of drug-likeness (QED) is 0.506. The molecule has 8 nitrogen and oxygen atoms in total. The number of hydrogen-bond donors (Lipinski definition) is 1. The van der Waals surface area contributed by atoms with Crippen LogP contribution in [0.15, 0.2) is 0 Å². The molecule has 35 heavy (non-hydrogen) atoms. The van der Waals surface area contributed by atoms with E-state index >= 15 is 0 Å². The van der Waals surface area contributed by atoms with E-state index in [2.05, 4.69) is 33.9 Å². The first-order chi connectivity index (χ1) is 15.7. The van der Waals surface area contributed by atoms with Crippen LogP contribution in [-0.2, 0) is 13.9 Å². The van der Waals surface area contributed by atoms with Crippen molar-refractivity contribution < 1.29 is 28.6 Å². The van der Waals surface area contributed by atoms with Gasteiger partial charge in [0, 0.05) is 25.6 Å². The van der Waals surface area contributed by atoms with E-state index in [9.17, 15) is 14.7 Å². The van der Waals surface area contributed by atoms with Gasteiger partial charge in [-0.15, -0.1) is 0 Å². The van der Waals surface area contributed by atoms with Crippen LogP contribution in [0.3, 0.4) is 0 Å². The molecule has 2 heterocycles. The van der Waals surface area contributed by atoms with Crippen molar-refractivity contribution >= 4 is 20.5 Å². The van der Waals surface area contributed by atoms with E-state index in [-0.39, 0.29) is 23.2 Å². The summed E-state index contributed by atoms with van der Waals surface area (Å²) in [6.07, 6.45) is 0.383. The van der Waals surface area contributed by atoms with Gasteiger partial charge in [-0.2, -0.15) is 0 Å². The maximum atomic E-state index is 13.2. The summed E-state index contributed by atoms with van der Waals surface area (Å²) in [7, 11) is -2.06. The van der Waals surface area contributed by atoms with E-state index in [0.717, 1.165) is 12.8 Å². The number of aliphatic hydroxyl groups excluding tert-OH is 1. The molecule has 0 aliphatic carbocycles. The second-order valence-electron chi connectivity index (χ2n) is 13.8. The molecular weight excluding hydrogens is 464 g/mol. The van der Waals surface area contributed by atoms with E-state index in [0.29, 0.717) is 26.1 Å². The molecule has 2 fully saturated rings. The molecule has 2 aliphatic heterocycles. The van der Waals surface area contributed by atoms with E-state index in [4.69, 9.17) is 13.9 Å². The third kappa shape index (κ3) is 8.35. The molecule has 2 saturated heterocycles. The first-order valence-electron chi connectivity index (χ1n) is 13.0. The minimum absolute atomic E-state index is 0.0394. The largest absolute Gasteiger partial charge is 0.444 e. The van der Waals surface area contributed by atoms with Gasteiger partial charge < -0.3 is 23.9 Å². The second-order valence-corrected chi connectivity index (χ2v) is 18.5. The van der Waals surface area contributed by atoms with Crippen molar-refractivity contribution in [3.63, 3.8) is 0 Å². The van der Waals surface area contributed by atoms with Crippen LogP contribution in [0.2, 0.25) is 18.1 Å². The van der Waals surface area contributed by atoms with Crippen LogP contribution in [-0.4, -0.2) is 84.5 Å². The van der Waals surface area contributed by atoms with Gasteiger partial charge in [0.05, 0.1) is 18.2 Å². The Morgan fingerprint density at radius 3 is 1.97 bits per heavy atom. The summed E-state index contributed by atoms with van der Waals surface area (Å²) in [4.78, 5) is 29.1. The molecule has 0 bridgehead atoms. The molecule has 0 spiro atoms. The van der Waals surface area contributed by atoms with Crippen LogP contribution in [0.25, 0.3) is 0 Å². The summed E-state index contributed by atoms with van der Waals surface area (Å²) < 4.78 is 17.9. The predicted octanol–water partition coefficient (Wildman–Crippen LogP) is 5.39. The average molecular weight is 515 g/mol. The summed E-state index contributed by atoms with van der Waals surface area (Å²) in [6, 6.07) is -0.428. The minimum Gasteiger partial charge on any atom is -0.444 e. The topological polar surface area (TPSA) is 88.5 Å². The number of piperidine rings is 1. The lowest BCUT2D eigenvalue weighted by atomic mass is 9.87. The normalized spacial score (nSPS) is 25.4. The Balaban J connectivity index is 2.20. The van der Waals surface area contributed by atoms with Crippen molar-refractivity contribution in [2.75, 3.05) is 19.6 Å². The number of ether oxygens (including phenoxy) is 2. The van der Waals surface area contributed by atoms with Crippen LogP contribution >= 0.6 is 0 Å². The summed E-state index contributed by atoms with van der Waals surface area (Å²) in [5.74, 6) is -0.155. The van der Waals surface area contributed by atoms with Gasteiger partial charge in [-0.3, -0.25) is 4.90 Å². The number of hydrogen-bond acceptors (Lipinski definition) is 6. The summed E-state index contributed by atoms with van der Waals surface area (Å²) in [6.45, 7) is 23.5. The van der Waals surface area contributed by atoms with Crippen LogP contribution in [0.1, 0.15) is 81.6 Å². The fraction of sp³-hybridized carbons (Fsp3) is 0.923. The Morgan fingerprint density at radius 2 is 1.46 bits per heavy atom. The van der Waals surface area contributed by atoms with Crippen molar-refractivity contribution in [1.82, 2.24) is 9.80 Å². The van der Waals surface area contributed by atoms with Gasteiger partial charge in [-0.1, -0.05) is 20.8 Å². The molecule has 0 saturated carbocycles. The smallest absolute Gasteiger partial charge is 0.410 e. The Labute approximate surface area is 213 Å². The highest BCUT2D eigenvalue weighted by atomic mass is 28.4. The van der Waals surface area contributed by atoms with Gasteiger partial charge in [0.2, 0.25) is 0 Å². The van der Waals surface area contributed by atoms with Gasteiger partial charge in [-0.05, 0) is 78.9 Å². The number of amides is 2. The Kier molecular flexibility index (Phi) is 9.04. The molecule has 4 atom stereocenters. The maximum absolute atomic E-state index is 13.2. The number of carbonyl (C=O) groups is 2.